The summed E-state index contributed by atoms with van der Waals surface area (Å²) in [7, 11) is -3.64. The highest BCUT2D eigenvalue weighted by Crippen LogP contribution is 2.16. The predicted molar refractivity (Wildman–Crippen MR) is 80.8 cm³/mol. The Morgan fingerprint density at radius 3 is 2.33 bits per heavy atom. The molecule has 6 heteroatoms. The van der Waals surface area contributed by atoms with E-state index in [1.54, 1.807) is 38.1 Å². The maximum atomic E-state index is 13.5. The third-order valence-corrected chi connectivity index (χ3v) is 4.53. The molecule has 0 spiro atoms. The third-order valence-electron chi connectivity index (χ3n) is 3.13. The van der Waals surface area contributed by atoms with Gasteiger partial charge < -0.3 is 5.73 Å². The molecule has 112 valence electrons. The smallest absolute Gasteiger partial charge is 0.240 e. The highest BCUT2D eigenvalue weighted by Gasteiger charge is 2.14. The standard InChI is InChI=1S/C15H17FN2O2S/c1-10-6-12(7-11(2)15(10)16)9-18-21(19,20)14-5-3-4-13(17)8-14/h3-8,18H,9,17H2,1-2H3. The van der Waals surface area contributed by atoms with Crippen LogP contribution < -0.4 is 10.5 Å². The van der Waals surface area contributed by atoms with Crippen LogP contribution in [0.1, 0.15) is 16.7 Å². The fourth-order valence-corrected chi connectivity index (χ4v) is 3.15. The minimum atomic E-state index is -3.64. The van der Waals surface area contributed by atoms with Crippen molar-refractivity contribution < 1.29 is 12.8 Å². The molecule has 0 bridgehead atoms. The summed E-state index contributed by atoms with van der Waals surface area (Å²) in [5, 5.41) is 0. The van der Waals surface area contributed by atoms with Crippen molar-refractivity contribution in [2.45, 2.75) is 25.3 Å². The Bertz CT molecular complexity index is 750. The number of benzene rings is 2. The van der Waals surface area contributed by atoms with Crippen molar-refractivity contribution in [3.05, 3.63) is 58.9 Å². The molecule has 0 fully saturated rings. The van der Waals surface area contributed by atoms with Crippen molar-refractivity contribution >= 4 is 15.7 Å². The van der Waals surface area contributed by atoms with Crippen molar-refractivity contribution in [1.82, 2.24) is 4.72 Å². The second-order valence-electron chi connectivity index (χ2n) is 4.94. The molecule has 0 aromatic heterocycles. The molecule has 0 aliphatic heterocycles. The summed E-state index contributed by atoms with van der Waals surface area (Å²) in [5.74, 6) is -0.266. The topological polar surface area (TPSA) is 72.2 Å². The second kappa shape index (κ2) is 5.83. The van der Waals surface area contributed by atoms with Gasteiger partial charge in [0.1, 0.15) is 5.82 Å². The molecule has 2 aromatic carbocycles. The average molecular weight is 308 g/mol. The van der Waals surface area contributed by atoms with Gasteiger partial charge in [-0.15, -0.1) is 0 Å². The predicted octanol–water partition coefficient (Wildman–Crippen LogP) is 2.50. The van der Waals surface area contributed by atoms with Crippen LogP contribution in [0.4, 0.5) is 10.1 Å². The van der Waals surface area contributed by atoms with Gasteiger partial charge in [0.25, 0.3) is 0 Å². The monoisotopic (exact) mass is 308 g/mol. The Morgan fingerprint density at radius 2 is 1.76 bits per heavy atom. The molecule has 0 aliphatic rings. The molecule has 0 amide bonds. The highest BCUT2D eigenvalue weighted by molar-refractivity contribution is 7.89. The van der Waals surface area contributed by atoms with Gasteiger partial charge in [0.2, 0.25) is 10.0 Å². The maximum absolute atomic E-state index is 13.5. The molecule has 21 heavy (non-hydrogen) atoms. The third kappa shape index (κ3) is 3.59. The van der Waals surface area contributed by atoms with E-state index in [-0.39, 0.29) is 17.3 Å². The van der Waals surface area contributed by atoms with Crippen LogP contribution in [0, 0.1) is 19.7 Å². The van der Waals surface area contributed by atoms with Gasteiger partial charge in [-0.2, -0.15) is 0 Å². The van der Waals surface area contributed by atoms with Crippen LogP contribution in [0.3, 0.4) is 0 Å². The number of aryl methyl sites for hydroxylation is 2. The molecule has 0 saturated carbocycles. The van der Waals surface area contributed by atoms with Gasteiger partial charge in [0.05, 0.1) is 4.90 Å². The van der Waals surface area contributed by atoms with Gasteiger partial charge in [-0.25, -0.2) is 17.5 Å². The van der Waals surface area contributed by atoms with E-state index in [1.807, 2.05) is 0 Å². The van der Waals surface area contributed by atoms with Crippen molar-refractivity contribution in [3.63, 3.8) is 0 Å². The first-order valence-corrected chi connectivity index (χ1v) is 7.89. The highest BCUT2D eigenvalue weighted by atomic mass is 32.2. The van der Waals surface area contributed by atoms with Gasteiger partial charge in [-0.1, -0.05) is 18.2 Å². The zero-order valence-corrected chi connectivity index (χ0v) is 12.7. The van der Waals surface area contributed by atoms with Crippen LogP contribution in [0.5, 0.6) is 0 Å². The summed E-state index contributed by atoms with van der Waals surface area (Å²) < 4.78 is 40.3. The molecule has 0 radical (unpaired) electrons. The minimum absolute atomic E-state index is 0.0963. The zero-order valence-electron chi connectivity index (χ0n) is 11.9. The van der Waals surface area contributed by atoms with E-state index in [9.17, 15) is 12.8 Å². The van der Waals surface area contributed by atoms with Gasteiger partial charge in [-0.05, 0) is 48.7 Å². The molecule has 2 rings (SSSR count). The van der Waals surface area contributed by atoms with Gasteiger partial charge in [0, 0.05) is 12.2 Å². The molecule has 0 unspecified atom stereocenters. The summed E-state index contributed by atoms with van der Waals surface area (Å²) >= 11 is 0. The second-order valence-corrected chi connectivity index (χ2v) is 6.71. The molecule has 0 aliphatic carbocycles. The van der Waals surface area contributed by atoms with E-state index in [0.717, 1.165) is 0 Å². The van der Waals surface area contributed by atoms with Crippen molar-refractivity contribution in [2.24, 2.45) is 0 Å². The van der Waals surface area contributed by atoms with Crippen LogP contribution in [0.25, 0.3) is 0 Å². The summed E-state index contributed by atoms with van der Waals surface area (Å²) in [6.45, 7) is 3.40. The number of nitrogen functional groups attached to an aromatic ring is 1. The lowest BCUT2D eigenvalue weighted by Gasteiger charge is -2.09. The SMILES string of the molecule is Cc1cc(CNS(=O)(=O)c2cccc(N)c2)cc(C)c1F. The molecule has 0 atom stereocenters. The normalized spacial score (nSPS) is 11.6. The fourth-order valence-electron chi connectivity index (χ4n) is 2.08. The van der Waals surface area contributed by atoms with Crippen LogP contribution in [0.15, 0.2) is 41.3 Å². The average Bonchev–Trinajstić information content (AvgIpc) is 2.42. The van der Waals surface area contributed by atoms with Crippen LogP contribution in [-0.2, 0) is 16.6 Å². The molecule has 4 nitrogen and oxygen atoms in total. The number of rotatable bonds is 4. The van der Waals surface area contributed by atoms with Crippen molar-refractivity contribution in [2.75, 3.05) is 5.73 Å². The minimum Gasteiger partial charge on any atom is -0.399 e. The number of halogens is 1. The molecule has 2 aromatic rings. The van der Waals surface area contributed by atoms with E-state index in [1.165, 1.54) is 12.1 Å². The molecular weight excluding hydrogens is 291 g/mol. The first kappa shape index (κ1) is 15.5. The van der Waals surface area contributed by atoms with Crippen LogP contribution >= 0.6 is 0 Å². The van der Waals surface area contributed by atoms with Gasteiger partial charge in [-0.3, -0.25) is 0 Å². The molecule has 0 saturated heterocycles. The summed E-state index contributed by atoms with van der Waals surface area (Å²) in [4.78, 5) is 0.109. The largest absolute Gasteiger partial charge is 0.399 e. The number of nitrogens with one attached hydrogen (secondary N) is 1. The van der Waals surface area contributed by atoms with Crippen LogP contribution in [0.2, 0.25) is 0 Å². The van der Waals surface area contributed by atoms with E-state index >= 15 is 0 Å². The first-order valence-electron chi connectivity index (χ1n) is 6.40. The lowest BCUT2D eigenvalue weighted by Crippen LogP contribution is -2.23. The number of hydrogen-bond donors (Lipinski definition) is 2. The molecular formula is C15H17FN2O2S. The number of sulfonamides is 1. The van der Waals surface area contributed by atoms with Gasteiger partial charge >= 0.3 is 0 Å². The summed E-state index contributed by atoms with van der Waals surface area (Å²) in [6, 6.07) is 9.32. The number of nitrogens with two attached hydrogens (primary N) is 1. The Labute approximate surface area is 123 Å². The van der Waals surface area contributed by atoms with E-state index in [2.05, 4.69) is 4.72 Å². The Morgan fingerprint density at radius 1 is 1.14 bits per heavy atom. The summed E-state index contributed by atoms with van der Waals surface area (Å²) in [6.07, 6.45) is 0. The Hall–Kier alpha value is -1.92. The fraction of sp³-hybridized carbons (Fsp3) is 0.200. The Kier molecular flexibility index (Phi) is 4.29. The number of hydrogen-bond acceptors (Lipinski definition) is 3. The van der Waals surface area contributed by atoms with Crippen molar-refractivity contribution in [1.29, 1.82) is 0 Å². The van der Waals surface area contributed by atoms with Gasteiger partial charge in [0.15, 0.2) is 0 Å². The lowest BCUT2D eigenvalue weighted by molar-refractivity contribution is 0.581. The Balaban J connectivity index is 2.19. The van der Waals surface area contributed by atoms with Crippen LogP contribution in [-0.4, -0.2) is 8.42 Å². The molecule has 3 N–H and O–H groups in total. The van der Waals surface area contributed by atoms with E-state index < -0.39 is 10.0 Å². The maximum Gasteiger partial charge on any atom is 0.240 e. The van der Waals surface area contributed by atoms with E-state index in [4.69, 9.17) is 5.73 Å². The van der Waals surface area contributed by atoms with E-state index in [0.29, 0.717) is 22.4 Å². The lowest BCUT2D eigenvalue weighted by atomic mass is 10.1. The quantitative estimate of drug-likeness (QED) is 0.852. The first-order chi connectivity index (χ1) is 9.79. The number of anilines is 1. The van der Waals surface area contributed by atoms with Crippen molar-refractivity contribution in [3.8, 4) is 0 Å². The molecule has 0 heterocycles. The summed E-state index contributed by atoms with van der Waals surface area (Å²) in [5.41, 5.74) is 7.66. The zero-order chi connectivity index (χ0) is 15.6.